The van der Waals surface area contributed by atoms with Crippen LogP contribution in [0.1, 0.15) is 5.82 Å². The van der Waals surface area contributed by atoms with Crippen molar-refractivity contribution in [2.75, 3.05) is 21.3 Å². The maximum absolute atomic E-state index is 5.27. The number of nitrogens with one attached hydrogen (secondary N) is 1. The number of hydrogen-bond acceptors (Lipinski definition) is 5. The van der Waals surface area contributed by atoms with Gasteiger partial charge in [0.05, 0.1) is 19.9 Å². The Labute approximate surface area is 122 Å². The van der Waals surface area contributed by atoms with Crippen LogP contribution in [0.25, 0.3) is 11.3 Å². The van der Waals surface area contributed by atoms with Crippen molar-refractivity contribution in [1.82, 2.24) is 9.97 Å². The SMILES string of the molecule is COCc1nc(=S)cc(-c2cc(OC)cc(OC)c2)[nH]1. The minimum absolute atomic E-state index is 0.374. The summed E-state index contributed by atoms with van der Waals surface area (Å²) in [7, 11) is 4.84. The lowest BCUT2D eigenvalue weighted by Gasteiger charge is -2.10. The number of aromatic amines is 1. The van der Waals surface area contributed by atoms with Gasteiger partial charge in [0.1, 0.15) is 28.6 Å². The first-order valence-corrected chi connectivity index (χ1v) is 6.39. The van der Waals surface area contributed by atoms with Crippen molar-refractivity contribution in [3.05, 3.63) is 34.7 Å². The van der Waals surface area contributed by atoms with E-state index in [2.05, 4.69) is 9.97 Å². The fourth-order valence-corrected chi connectivity index (χ4v) is 2.06. The highest BCUT2D eigenvalue weighted by Crippen LogP contribution is 2.28. The van der Waals surface area contributed by atoms with Gasteiger partial charge in [-0.1, -0.05) is 12.2 Å². The standard InChI is InChI=1S/C14H16N2O3S/c1-17-8-13-15-12(7-14(20)16-13)9-4-10(18-2)6-11(5-9)19-3/h4-7H,8H2,1-3H3,(H,15,16,20). The largest absolute Gasteiger partial charge is 0.497 e. The van der Waals surface area contributed by atoms with Crippen molar-refractivity contribution in [3.8, 4) is 22.8 Å². The van der Waals surface area contributed by atoms with Gasteiger partial charge in [-0.25, -0.2) is 4.98 Å². The van der Waals surface area contributed by atoms with E-state index in [0.29, 0.717) is 28.6 Å². The van der Waals surface area contributed by atoms with Crippen molar-refractivity contribution in [2.24, 2.45) is 0 Å². The maximum atomic E-state index is 5.27. The van der Waals surface area contributed by atoms with E-state index >= 15 is 0 Å². The van der Waals surface area contributed by atoms with Gasteiger partial charge in [-0.15, -0.1) is 0 Å². The third kappa shape index (κ3) is 3.34. The molecule has 1 aromatic heterocycles. The smallest absolute Gasteiger partial charge is 0.134 e. The van der Waals surface area contributed by atoms with Crippen LogP contribution in [0.2, 0.25) is 0 Å². The molecule has 5 nitrogen and oxygen atoms in total. The van der Waals surface area contributed by atoms with Crippen LogP contribution >= 0.6 is 12.2 Å². The van der Waals surface area contributed by atoms with E-state index in [9.17, 15) is 0 Å². The molecule has 0 fully saturated rings. The molecule has 0 bridgehead atoms. The van der Waals surface area contributed by atoms with E-state index in [-0.39, 0.29) is 0 Å². The molecular formula is C14H16N2O3S. The number of methoxy groups -OCH3 is 3. The van der Waals surface area contributed by atoms with E-state index in [4.69, 9.17) is 26.4 Å². The van der Waals surface area contributed by atoms with E-state index in [0.717, 1.165) is 11.3 Å². The predicted molar refractivity (Wildman–Crippen MR) is 78.7 cm³/mol. The Hall–Kier alpha value is -1.92. The molecular weight excluding hydrogens is 276 g/mol. The number of benzene rings is 1. The van der Waals surface area contributed by atoms with Gasteiger partial charge in [0, 0.05) is 18.7 Å². The van der Waals surface area contributed by atoms with Crippen LogP contribution in [0.3, 0.4) is 0 Å². The topological polar surface area (TPSA) is 56.4 Å². The number of aromatic nitrogens is 2. The first kappa shape index (κ1) is 14.5. The monoisotopic (exact) mass is 292 g/mol. The molecule has 0 amide bonds. The average Bonchev–Trinajstić information content (AvgIpc) is 2.46. The Morgan fingerprint density at radius 2 is 1.70 bits per heavy atom. The minimum Gasteiger partial charge on any atom is -0.497 e. The average molecular weight is 292 g/mol. The van der Waals surface area contributed by atoms with Crippen LogP contribution in [-0.2, 0) is 11.3 Å². The maximum Gasteiger partial charge on any atom is 0.134 e. The molecule has 0 unspecified atom stereocenters. The molecule has 1 N–H and O–H groups in total. The van der Waals surface area contributed by atoms with Gasteiger partial charge in [-0.05, 0) is 18.2 Å². The molecule has 106 valence electrons. The molecule has 2 aromatic rings. The fraction of sp³-hybridized carbons (Fsp3) is 0.286. The number of hydrogen-bond donors (Lipinski definition) is 1. The molecule has 0 radical (unpaired) electrons. The van der Waals surface area contributed by atoms with Gasteiger partial charge in [0.15, 0.2) is 0 Å². The highest BCUT2D eigenvalue weighted by Gasteiger charge is 2.06. The first-order chi connectivity index (χ1) is 9.66. The van der Waals surface area contributed by atoms with Crippen LogP contribution in [0.5, 0.6) is 11.5 Å². The van der Waals surface area contributed by atoms with Crippen molar-refractivity contribution in [3.63, 3.8) is 0 Å². The summed E-state index contributed by atoms with van der Waals surface area (Å²) >= 11 is 5.17. The summed E-state index contributed by atoms with van der Waals surface area (Å²) in [6.07, 6.45) is 0. The Bertz CT molecular complexity index is 633. The van der Waals surface area contributed by atoms with Crippen LogP contribution < -0.4 is 9.47 Å². The van der Waals surface area contributed by atoms with E-state index in [1.165, 1.54) is 0 Å². The van der Waals surface area contributed by atoms with Crippen molar-refractivity contribution >= 4 is 12.2 Å². The molecule has 0 atom stereocenters. The second kappa shape index (κ2) is 6.49. The minimum atomic E-state index is 0.374. The molecule has 20 heavy (non-hydrogen) atoms. The molecule has 0 aliphatic rings. The zero-order chi connectivity index (χ0) is 14.5. The van der Waals surface area contributed by atoms with Crippen LogP contribution in [0.15, 0.2) is 24.3 Å². The number of H-pyrrole nitrogens is 1. The summed E-state index contributed by atoms with van der Waals surface area (Å²) in [4.78, 5) is 7.40. The molecule has 0 aliphatic carbocycles. The molecule has 0 saturated carbocycles. The van der Waals surface area contributed by atoms with E-state index in [1.54, 1.807) is 27.4 Å². The summed E-state index contributed by atoms with van der Waals surface area (Å²) < 4.78 is 16.1. The Balaban J connectivity index is 2.52. The van der Waals surface area contributed by atoms with Gasteiger partial charge in [-0.2, -0.15) is 0 Å². The number of rotatable bonds is 5. The highest BCUT2D eigenvalue weighted by molar-refractivity contribution is 7.71. The fourth-order valence-electron chi connectivity index (χ4n) is 1.83. The number of nitrogens with zero attached hydrogens (tertiary/aromatic N) is 1. The zero-order valence-corrected chi connectivity index (χ0v) is 12.4. The van der Waals surface area contributed by atoms with E-state index < -0.39 is 0 Å². The molecule has 0 saturated heterocycles. The highest BCUT2D eigenvalue weighted by atomic mass is 32.1. The second-order valence-corrected chi connectivity index (χ2v) is 4.53. The van der Waals surface area contributed by atoms with Gasteiger partial charge in [0.25, 0.3) is 0 Å². The van der Waals surface area contributed by atoms with Crippen molar-refractivity contribution < 1.29 is 14.2 Å². The lowest BCUT2D eigenvalue weighted by atomic mass is 10.1. The molecule has 1 heterocycles. The van der Waals surface area contributed by atoms with Gasteiger partial charge >= 0.3 is 0 Å². The Kier molecular flexibility index (Phi) is 4.70. The second-order valence-electron chi connectivity index (χ2n) is 4.11. The third-order valence-corrected chi connectivity index (χ3v) is 2.94. The zero-order valence-electron chi connectivity index (χ0n) is 11.6. The normalized spacial score (nSPS) is 10.3. The molecule has 6 heteroatoms. The van der Waals surface area contributed by atoms with Crippen LogP contribution in [0, 0.1) is 4.64 Å². The lowest BCUT2D eigenvalue weighted by Crippen LogP contribution is -1.99. The molecule has 0 spiro atoms. The summed E-state index contributed by atoms with van der Waals surface area (Å²) in [5.74, 6) is 2.10. The van der Waals surface area contributed by atoms with E-state index in [1.807, 2.05) is 18.2 Å². The van der Waals surface area contributed by atoms with Gasteiger partial charge < -0.3 is 19.2 Å². The lowest BCUT2D eigenvalue weighted by molar-refractivity contribution is 0.177. The summed E-state index contributed by atoms with van der Waals surface area (Å²) in [6, 6.07) is 7.41. The van der Waals surface area contributed by atoms with Crippen LogP contribution in [-0.4, -0.2) is 31.3 Å². The third-order valence-electron chi connectivity index (χ3n) is 2.74. The molecule has 2 rings (SSSR count). The van der Waals surface area contributed by atoms with Gasteiger partial charge in [0.2, 0.25) is 0 Å². The van der Waals surface area contributed by atoms with Gasteiger partial charge in [-0.3, -0.25) is 0 Å². The first-order valence-electron chi connectivity index (χ1n) is 5.99. The number of ether oxygens (including phenoxy) is 3. The predicted octanol–water partition coefficient (Wildman–Crippen LogP) is 2.97. The van der Waals surface area contributed by atoms with Crippen molar-refractivity contribution in [1.29, 1.82) is 0 Å². The molecule has 0 aliphatic heterocycles. The quantitative estimate of drug-likeness (QED) is 0.859. The summed E-state index contributed by atoms with van der Waals surface area (Å²) in [6.45, 7) is 0.374. The Morgan fingerprint density at radius 3 is 2.25 bits per heavy atom. The summed E-state index contributed by atoms with van der Waals surface area (Å²) in [5.41, 5.74) is 1.75. The van der Waals surface area contributed by atoms with Crippen LogP contribution in [0.4, 0.5) is 0 Å². The van der Waals surface area contributed by atoms with Crippen molar-refractivity contribution in [2.45, 2.75) is 6.61 Å². The Morgan fingerprint density at radius 1 is 1.05 bits per heavy atom. The molecule has 1 aromatic carbocycles. The summed E-state index contributed by atoms with van der Waals surface area (Å²) in [5, 5.41) is 0.